The van der Waals surface area contributed by atoms with E-state index >= 15 is 4.39 Å². The Morgan fingerprint density at radius 1 is 0.645 bits per heavy atom. The van der Waals surface area contributed by atoms with E-state index in [0.29, 0.717) is 56.3 Å². The second kappa shape index (κ2) is 8.47. The van der Waals surface area contributed by atoms with E-state index in [4.69, 9.17) is 18.9 Å². The molecule has 0 radical (unpaired) electrons. The van der Waals surface area contributed by atoms with Crippen LogP contribution in [0.4, 0.5) is 4.39 Å². The van der Waals surface area contributed by atoms with Gasteiger partial charge in [0, 0.05) is 11.1 Å². The van der Waals surface area contributed by atoms with Gasteiger partial charge in [0.05, 0.1) is 45.0 Å². The Bertz CT molecular complexity index is 1260. The van der Waals surface area contributed by atoms with Gasteiger partial charge in [0.2, 0.25) is 0 Å². The molecule has 0 saturated carbocycles. The number of ether oxygens (including phenoxy) is 4. The van der Waals surface area contributed by atoms with Gasteiger partial charge in [0.25, 0.3) is 0 Å². The quantitative estimate of drug-likeness (QED) is 0.431. The molecule has 4 aromatic rings. The van der Waals surface area contributed by atoms with Crippen molar-refractivity contribution in [2.75, 3.05) is 28.4 Å². The molecule has 0 unspecified atom stereocenters. The summed E-state index contributed by atoms with van der Waals surface area (Å²) in [6.07, 6.45) is 1.42. The van der Waals surface area contributed by atoms with Crippen molar-refractivity contribution in [3.8, 4) is 45.4 Å². The normalized spacial score (nSPS) is 10.7. The minimum Gasteiger partial charge on any atom is -0.493 e. The minimum atomic E-state index is -0.421. The predicted molar refractivity (Wildman–Crippen MR) is 117 cm³/mol. The molecule has 1 aromatic heterocycles. The van der Waals surface area contributed by atoms with Crippen molar-refractivity contribution >= 4 is 10.9 Å². The van der Waals surface area contributed by atoms with Gasteiger partial charge in [-0.25, -0.2) is 14.4 Å². The maximum absolute atomic E-state index is 15.8. The highest BCUT2D eigenvalue weighted by molar-refractivity contribution is 5.96. The van der Waals surface area contributed by atoms with Gasteiger partial charge in [-0.2, -0.15) is 0 Å². The number of halogens is 1. The highest BCUT2D eigenvalue weighted by Gasteiger charge is 2.18. The van der Waals surface area contributed by atoms with Gasteiger partial charge in [0.15, 0.2) is 23.0 Å². The zero-order valence-electron chi connectivity index (χ0n) is 17.6. The van der Waals surface area contributed by atoms with Crippen molar-refractivity contribution in [1.29, 1.82) is 0 Å². The van der Waals surface area contributed by atoms with Gasteiger partial charge in [-0.3, -0.25) is 0 Å². The summed E-state index contributed by atoms with van der Waals surface area (Å²) in [4.78, 5) is 8.62. The summed E-state index contributed by atoms with van der Waals surface area (Å²) in [6, 6.07) is 14.1. The molecular formula is C24H21FN2O4. The van der Waals surface area contributed by atoms with Crippen molar-refractivity contribution in [3.63, 3.8) is 0 Å². The van der Waals surface area contributed by atoms with Crippen LogP contribution in [0.5, 0.6) is 23.0 Å². The summed E-state index contributed by atoms with van der Waals surface area (Å²) in [5.41, 5.74) is 2.71. The van der Waals surface area contributed by atoms with E-state index in [1.165, 1.54) is 6.33 Å². The first-order valence-corrected chi connectivity index (χ1v) is 9.49. The van der Waals surface area contributed by atoms with Crippen LogP contribution in [0, 0.1) is 5.82 Å². The highest BCUT2D eigenvalue weighted by Crippen LogP contribution is 2.38. The van der Waals surface area contributed by atoms with E-state index in [-0.39, 0.29) is 0 Å². The van der Waals surface area contributed by atoms with E-state index in [1.54, 1.807) is 70.9 Å². The van der Waals surface area contributed by atoms with Gasteiger partial charge >= 0.3 is 0 Å². The van der Waals surface area contributed by atoms with Crippen LogP contribution in [0.25, 0.3) is 33.3 Å². The molecule has 158 valence electrons. The smallest absolute Gasteiger partial charge is 0.161 e. The van der Waals surface area contributed by atoms with Gasteiger partial charge in [-0.15, -0.1) is 0 Å². The van der Waals surface area contributed by atoms with Crippen LogP contribution < -0.4 is 18.9 Å². The van der Waals surface area contributed by atoms with Crippen LogP contribution in [-0.2, 0) is 0 Å². The fourth-order valence-electron chi connectivity index (χ4n) is 3.54. The highest BCUT2D eigenvalue weighted by atomic mass is 19.1. The van der Waals surface area contributed by atoms with Gasteiger partial charge in [-0.05, 0) is 48.0 Å². The lowest BCUT2D eigenvalue weighted by Gasteiger charge is -2.13. The Labute approximate surface area is 179 Å². The Balaban J connectivity index is 1.93. The van der Waals surface area contributed by atoms with Gasteiger partial charge in [0.1, 0.15) is 12.1 Å². The molecule has 0 aliphatic heterocycles. The lowest BCUT2D eigenvalue weighted by Crippen LogP contribution is -1.97. The van der Waals surface area contributed by atoms with Crippen molar-refractivity contribution in [3.05, 3.63) is 60.7 Å². The molecule has 0 amide bonds. The fourth-order valence-corrected chi connectivity index (χ4v) is 3.54. The SMILES string of the molecule is COc1ccc(-c2ccc3ncnc(-c4ccc(OC)c(OC)c4)c3c2F)cc1OC. The fraction of sp³-hybridized carbons (Fsp3) is 0.167. The topological polar surface area (TPSA) is 62.7 Å². The van der Waals surface area contributed by atoms with Gasteiger partial charge < -0.3 is 18.9 Å². The number of aromatic nitrogens is 2. The zero-order valence-corrected chi connectivity index (χ0v) is 17.6. The second-order valence-electron chi connectivity index (χ2n) is 6.68. The molecule has 6 nitrogen and oxygen atoms in total. The molecule has 7 heteroatoms. The van der Waals surface area contributed by atoms with Crippen LogP contribution in [0.1, 0.15) is 0 Å². The molecule has 31 heavy (non-hydrogen) atoms. The maximum Gasteiger partial charge on any atom is 0.161 e. The molecule has 4 rings (SSSR count). The molecule has 0 saturated heterocycles. The number of hydrogen-bond donors (Lipinski definition) is 0. The minimum absolute atomic E-state index is 0.321. The zero-order chi connectivity index (χ0) is 22.0. The van der Waals surface area contributed by atoms with Crippen LogP contribution >= 0.6 is 0 Å². The molecule has 0 atom stereocenters. The largest absolute Gasteiger partial charge is 0.493 e. The Kier molecular flexibility index (Phi) is 5.58. The molecule has 0 aliphatic carbocycles. The van der Waals surface area contributed by atoms with Crippen molar-refractivity contribution in [1.82, 2.24) is 9.97 Å². The van der Waals surface area contributed by atoms with Gasteiger partial charge in [-0.1, -0.05) is 6.07 Å². The molecule has 0 bridgehead atoms. The summed E-state index contributed by atoms with van der Waals surface area (Å²) < 4.78 is 37.2. The van der Waals surface area contributed by atoms with E-state index in [0.717, 1.165) is 0 Å². The molecular weight excluding hydrogens is 399 g/mol. The van der Waals surface area contributed by atoms with Crippen molar-refractivity contribution in [2.24, 2.45) is 0 Å². The van der Waals surface area contributed by atoms with E-state index in [2.05, 4.69) is 9.97 Å². The lowest BCUT2D eigenvalue weighted by molar-refractivity contribution is 0.355. The Hall–Kier alpha value is -3.87. The number of fused-ring (bicyclic) bond motifs is 1. The van der Waals surface area contributed by atoms with Crippen LogP contribution in [-0.4, -0.2) is 38.4 Å². The number of benzene rings is 3. The van der Waals surface area contributed by atoms with E-state index in [1.807, 2.05) is 6.07 Å². The van der Waals surface area contributed by atoms with Crippen LogP contribution in [0.15, 0.2) is 54.9 Å². The summed E-state index contributed by atoms with van der Waals surface area (Å²) in [6.45, 7) is 0. The number of rotatable bonds is 6. The van der Waals surface area contributed by atoms with E-state index in [9.17, 15) is 0 Å². The molecule has 0 N–H and O–H groups in total. The molecule has 0 aliphatic rings. The number of methoxy groups -OCH3 is 4. The van der Waals surface area contributed by atoms with E-state index < -0.39 is 5.82 Å². The predicted octanol–water partition coefficient (Wildman–Crippen LogP) is 5.14. The Morgan fingerprint density at radius 3 is 1.84 bits per heavy atom. The Morgan fingerprint density at radius 2 is 1.23 bits per heavy atom. The summed E-state index contributed by atoms with van der Waals surface area (Å²) >= 11 is 0. The number of nitrogens with zero attached hydrogens (tertiary/aromatic N) is 2. The summed E-state index contributed by atoms with van der Waals surface area (Å²) in [7, 11) is 6.21. The molecule has 1 heterocycles. The molecule has 3 aromatic carbocycles. The first-order chi connectivity index (χ1) is 15.1. The standard InChI is InChI=1S/C24H21FN2O4/c1-28-18-9-5-14(11-20(18)30-3)16-7-8-17-22(23(16)25)24(27-13-26-17)15-6-10-19(29-2)21(12-15)31-4/h5-13H,1-4H3. The van der Waals surface area contributed by atoms with Crippen molar-refractivity contribution < 1.29 is 23.3 Å². The summed E-state index contributed by atoms with van der Waals surface area (Å²) in [5, 5.41) is 0.321. The third kappa shape index (κ3) is 3.59. The molecule has 0 spiro atoms. The van der Waals surface area contributed by atoms with Crippen molar-refractivity contribution in [2.45, 2.75) is 0 Å². The third-order valence-electron chi connectivity index (χ3n) is 5.09. The summed E-state index contributed by atoms with van der Waals surface area (Å²) in [5.74, 6) is 1.78. The second-order valence-corrected chi connectivity index (χ2v) is 6.68. The van der Waals surface area contributed by atoms with Crippen LogP contribution in [0.2, 0.25) is 0 Å². The third-order valence-corrected chi connectivity index (χ3v) is 5.09. The van der Waals surface area contributed by atoms with Crippen LogP contribution in [0.3, 0.4) is 0 Å². The number of hydrogen-bond acceptors (Lipinski definition) is 6. The monoisotopic (exact) mass is 420 g/mol. The average molecular weight is 420 g/mol. The first kappa shape index (κ1) is 20.4. The first-order valence-electron chi connectivity index (χ1n) is 9.49. The lowest BCUT2D eigenvalue weighted by atomic mass is 9.99. The molecule has 0 fully saturated rings. The maximum atomic E-state index is 15.8. The average Bonchev–Trinajstić information content (AvgIpc) is 2.83.